The van der Waals surface area contributed by atoms with Crippen LogP contribution in [0.25, 0.3) is 0 Å². The molecule has 2 rings (SSSR count). The first-order valence-electron chi connectivity index (χ1n) is 6.20. The molecule has 0 radical (unpaired) electrons. The van der Waals surface area contributed by atoms with Crippen LogP contribution in [0.3, 0.4) is 0 Å². The summed E-state index contributed by atoms with van der Waals surface area (Å²) in [5, 5.41) is 8.68. The van der Waals surface area contributed by atoms with E-state index in [0.29, 0.717) is 17.7 Å². The minimum Gasteiger partial charge on any atom is -0.395 e. The summed E-state index contributed by atoms with van der Waals surface area (Å²) in [6.07, 6.45) is 3.87. The number of hydrogen-bond donors (Lipinski definition) is 1. The van der Waals surface area contributed by atoms with E-state index < -0.39 is 0 Å². The summed E-state index contributed by atoms with van der Waals surface area (Å²) in [4.78, 5) is 5.05. The van der Waals surface area contributed by atoms with E-state index >= 15 is 0 Å². The number of thioether (sulfide) groups is 1. The summed E-state index contributed by atoms with van der Waals surface area (Å²) in [7, 11) is 0. The third kappa shape index (κ3) is 4.69. The fourth-order valence-corrected chi connectivity index (χ4v) is 2.44. The predicted octanol–water partition coefficient (Wildman–Crippen LogP) is 3.25. The third-order valence-electron chi connectivity index (χ3n) is 2.48. The second-order valence-electron chi connectivity index (χ2n) is 4.10. The maximum atomic E-state index is 13.5. The van der Waals surface area contributed by atoms with Crippen molar-refractivity contribution in [2.75, 3.05) is 6.61 Å². The molecule has 102 valence electrons. The standard InChI is InChI=1S/C16H14FNOS/c17-15-10-13(3-1-2-8-19)9-14(11-15)12-20-16-4-6-18-7-5-16/h4-7,9-11,19H,2,8,12H2. The molecule has 1 N–H and O–H groups in total. The molecule has 0 fully saturated rings. The van der Waals surface area contributed by atoms with E-state index in [9.17, 15) is 4.39 Å². The summed E-state index contributed by atoms with van der Waals surface area (Å²) in [5.41, 5.74) is 1.53. The molecule has 2 aromatic rings. The Balaban J connectivity index is 2.06. The molecule has 0 aliphatic rings. The summed E-state index contributed by atoms with van der Waals surface area (Å²) >= 11 is 1.62. The number of rotatable bonds is 4. The lowest BCUT2D eigenvalue weighted by Crippen LogP contribution is -1.87. The first-order chi connectivity index (χ1) is 9.78. The van der Waals surface area contributed by atoms with Crippen LogP contribution in [0, 0.1) is 17.7 Å². The SMILES string of the molecule is OCCC#Cc1cc(F)cc(CSc2ccncc2)c1. The molecule has 0 atom stereocenters. The van der Waals surface area contributed by atoms with Gasteiger partial charge in [0.05, 0.1) is 6.61 Å². The summed E-state index contributed by atoms with van der Waals surface area (Å²) in [6, 6.07) is 8.65. The first-order valence-corrected chi connectivity index (χ1v) is 7.18. The van der Waals surface area contributed by atoms with Gasteiger partial charge in [-0.2, -0.15) is 0 Å². The molecule has 0 unspecified atom stereocenters. The van der Waals surface area contributed by atoms with Gasteiger partial charge in [-0.25, -0.2) is 4.39 Å². The van der Waals surface area contributed by atoms with E-state index in [1.165, 1.54) is 12.1 Å². The molecule has 2 nitrogen and oxygen atoms in total. The minimum atomic E-state index is -0.286. The highest BCUT2D eigenvalue weighted by Gasteiger charge is 2.01. The van der Waals surface area contributed by atoms with Crippen molar-refractivity contribution in [3.05, 3.63) is 59.7 Å². The van der Waals surface area contributed by atoms with Gasteiger partial charge in [0.1, 0.15) is 5.82 Å². The summed E-state index contributed by atoms with van der Waals surface area (Å²) in [6.45, 7) is 0.0209. The Morgan fingerprint density at radius 2 is 2.00 bits per heavy atom. The van der Waals surface area contributed by atoms with Crippen LogP contribution in [0.5, 0.6) is 0 Å². The van der Waals surface area contributed by atoms with E-state index in [1.807, 2.05) is 18.2 Å². The first kappa shape index (κ1) is 14.6. The Kier molecular flexibility index (Phi) is 5.60. The van der Waals surface area contributed by atoms with Gasteiger partial charge in [-0.3, -0.25) is 4.98 Å². The topological polar surface area (TPSA) is 33.1 Å². The molecule has 4 heteroatoms. The second kappa shape index (κ2) is 7.68. The van der Waals surface area contributed by atoms with Gasteiger partial charge in [-0.15, -0.1) is 11.8 Å². The van der Waals surface area contributed by atoms with Gasteiger partial charge in [0, 0.05) is 35.0 Å². The molecular weight excluding hydrogens is 273 g/mol. The Bertz CT molecular complexity index is 619. The normalized spacial score (nSPS) is 9.90. The zero-order valence-corrected chi connectivity index (χ0v) is 11.7. The van der Waals surface area contributed by atoms with Crippen LogP contribution in [0.2, 0.25) is 0 Å². The lowest BCUT2D eigenvalue weighted by molar-refractivity contribution is 0.305. The van der Waals surface area contributed by atoms with Gasteiger partial charge in [0.2, 0.25) is 0 Å². The number of hydrogen-bond acceptors (Lipinski definition) is 3. The fraction of sp³-hybridized carbons (Fsp3) is 0.188. The highest BCUT2D eigenvalue weighted by molar-refractivity contribution is 7.98. The van der Waals surface area contributed by atoms with Gasteiger partial charge in [0.25, 0.3) is 0 Å². The van der Waals surface area contributed by atoms with Gasteiger partial charge < -0.3 is 5.11 Å². The van der Waals surface area contributed by atoms with E-state index in [4.69, 9.17) is 5.11 Å². The van der Waals surface area contributed by atoms with Crippen LogP contribution in [0.1, 0.15) is 17.5 Å². The number of halogens is 1. The molecule has 0 saturated carbocycles. The lowest BCUT2D eigenvalue weighted by Gasteiger charge is -2.03. The molecule has 20 heavy (non-hydrogen) atoms. The average molecular weight is 287 g/mol. The zero-order valence-electron chi connectivity index (χ0n) is 10.8. The fourth-order valence-electron chi connectivity index (χ4n) is 1.63. The Labute approximate surface area is 122 Å². The van der Waals surface area contributed by atoms with Crippen LogP contribution in [-0.2, 0) is 5.75 Å². The molecule has 0 aliphatic heterocycles. The van der Waals surface area contributed by atoms with Crippen molar-refractivity contribution >= 4 is 11.8 Å². The van der Waals surface area contributed by atoms with Crippen molar-refractivity contribution in [1.82, 2.24) is 4.98 Å². The number of benzene rings is 1. The monoisotopic (exact) mass is 287 g/mol. The maximum Gasteiger partial charge on any atom is 0.124 e. The number of pyridine rings is 1. The van der Waals surface area contributed by atoms with E-state index in [2.05, 4.69) is 16.8 Å². The molecule has 0 aliphatic carbocycles. The average Bonchev–Trinajstić information content (AvgIpc) is 2.46. The van der Waals surface area contributed by atoms with Crippen molar-refractivity contribution in [3.63, 3.8) is 0 Å². The van der Waals surface area contributed by atoms with E-state index in [1.54, 1.807) is 24.2 Å². The molecular formula is C16H14FNOS. The molecule has 1 aromatic carbocycles. The smallest absolute Gasteiger partial charge is 0.124 e. The van der Waals surface area contributed by atoms with Crippen molar-refractivity contribution in [2.24, 2.45) is 0 Å². The Hall–Kier alpha value is -1.83. The van der Waals surface area contributed by atoms with E-state index in [-0.39, 0.29) is 12.4 Å². The highest BCUT2D eigenvalue weighted by Crippen LogP contribution is 2.22. The number of aromatic nitrogens is 1. The Morgan fingerprint density at radius 3 is 2.75 bits per heavy atom. The second-order valence-corrected chi connectivity index (χ2v) is 5.14. The molecule has 0 saturated heterocycles. The van der Waals surface area contributed by atoms with Crippen LogP contribution < -0.4 is 0 Å². The van der Waals surface area contributed by atoms with Crippen LogP contribution in [0.15, 0.2) is 47.6 Å². The van der Waals surface area contributed by atoms with E-state index in [0.717, 1.165) is 10.5 Å². The number of aliphatic hydroxyl groups excluding tert-OH is 1. The maximum absolute atomic E-state index is 13.5. The Morgan fingerprint density at radius 1 is 1.20 bits per heavy atom. The molecule has 0 spiro atoms. The van der Waals surface area contributed by atoms with Gasteiger partial charge in [0.15, 0.2) is 0 Å². The zero-order chi connectivity index (χ0) is 14.2. The van der Waals surface area contributed by atoms with Crippen molar-refractivity contribution < 1.29 is 9.50 Å². The van der Waals surface area contributed by atoms with Crippen molar-refractivity contribution in [3.8, 4) is 11.8 Å². The van der Waals surface area contributed by atoms with Crippen molar-refractivity contribution in [1.29, 1.82) is 0 Å². The minimum absolute atomic E-state index is 0.0209. The highest BCUT2D eigenvalue weighted by atomic mass is 32.2. The van der Waals surface area contributed by atoms with Crippen LogP contribution in [-0.4, -0.2) is 16.7 Å². The summed E-state index contributed by atoms with van der Waals surface area (Å²) < 4.78 is 13.5. The number of nitrogens with zero attached hydrogens (tertiary/aromatic N) is 1. The predicted molar refractivity (Wildman–Crippen MR) is 78.8 cm³/mol. The van der Waals surface area contributed by atoms with Crippen molar-refractivity contribution in [2.45, 2.75) is 17.1 Å². The third-order valence-corrected chi connectivity index (χ3v) is 3.57. The summed E-state index contributed by atoms with van der Waals surface area (Å²) in [5.74, 6) is 6.04. The molecule has 1 aromatic heterocycles. The van der Waals surface area contributed by atoms with Crippen LogP contribution >= 0.6 is 11.8 Å². The molecule has 0 bridgehead atoms. The lowest BCUT2D eigenvalue weighted by atomic mass is 10.1. The largest absolute Gasteiger partial charge is 0.395 e. The molecule has 1 heterocycles. The van der Waals surface area contributed by atoms with Gasteiger partial charge in [-0.05, 0) is 35.9 Å². The van der Waals surface area contributed by atoms with Crippen LogP contribution in [0.4, 0.5) is 4.39 Å². The quantitative estimate of drug-likeness (QED) is 0.692. The number of aliphatic hydroxyl groups is 1. The van der Waals surface area contributed by atoms with Gasteiger partial charge >= 0.3 is 0 Å². The van der Waals surface area contributed by atoms with Gasteiger partial charge in [-0.1, -0.05) is 11.8 Å². The molecule has 0 amide bonds.